The van der Waals surface area contributed by atoms with Crippen LogP contribution in [0.2, 0.25) is 0 Å². The highest BCUT2D eigenvalue weighted by Crippen LogP contribution is 2.32. The Morgan fingerprint density at radius 1 is 1.17 bits per heavy atom. The number of aromatic nitrogens is 2. The van der Waals surface area contributed by atoms with Gasteiger partial charge < -0.3 is 4.52 Å². The smallest absolute Gasteiger partial charge is 0.258 e. The lowest BCUT2D eigenvalue weighted by Crippen LogP contribution is -2.12. The van der Waals surface area contributed by atoms with Crippen LogP contribution in [0.25, 0.3) is 10.2 Å². The molecule has 0 spiro atoms. The van der Waals surface area contributed by atoms with Crippen molar-refractivity contribution in [1.82, 2.24) is 10.1 Å². The van der Waals surface area contributed by atoms with Gasteiger partial charge in [-0.1, -0.05) is 34.7 Å². The summed E-state index contributed by atoms with van der Waals surface area (Å²) in [6, 6.07) is 11.8. The van der Waals surface area contributed by atoms with Crippen LogP contribution in [-0.4, -0.2) is 16.0 Å². The van der Waals surface area contributed by atoms with Gasteiger partial charge >= 0.3 is 0 Å². The molecule has 1 amide bonds. The van der Waals surface area contributed by atoms with Gasteiger partial charge in [0.15, 0.2) is 5.13 Å². The molecule has 0 aliphatic heterocycles. The van der Waals surface area contributed by atoms with Crippen molar-refractivity contribution in [3.8, 4) is 0 Å². The van der Waals surface area contributed by atoms with Crippen LogP contribution in [0.15, 0.2) is 45.8 Å². The summed E-state index contributed by atoms with van der Waals surface area (Å²) in [6.45, 7) is 7.95. The standard InChI is InChI=1S/C22H21N3O2S2/c1-12-9-13(2)20-19(10-12)29-22(23-20)24-21(26)16-7-5-6-8-18(16)28-11-17-14(3)25-27-15(17)4/h5-10H,11H2,1-4H3,(H,23,24,26). The van der Waals surface area contributed by atoms with Crippen molar-refractivity contribution in [2.24, 2.45) is 0 Å². The van der Waals surface area contributed by atoms with Crippen LogP contribution >= 0.6 is 23.1 Å². The van der Waals surface area contributed by atoms with E-state index in [1.165, 1.54) is 16.9 Å². The van der Waals surface area contributed by atoms with E-state index in [0.717, 1.165) is 37.7 Å². The summed E-state index contributed by atoms with van der Waals surface area (Å²) in [5, 5.41) is 7.59. The lowest BCUT2D eigenvalue weighted by atomic mass is 10.1. The SMILES string of the molecule is Cc1cc(C)c2nc(NC(=O)c3ccccc3SCc3c(C)noc3C)sc2c1. The number of thioether (sulfide) groups is 1. The summed E-state index contributed by atoms with van der Waals surface area (Å²) in [6.07, 6.45) is 0. The van der Waals surface area contributed by atoms with E-state index >= 15 is 0 Å². The molecule has 0 unspecified atom stereocenters. The van der Waals surface area contributed by atoms with Crippen LogP contribution in [0.3, 0.4) is 0 Å². The van der Waals surface area contributed by atoms with Crippen LogP contribution in [0.5, 0.6) is 0 Å². The molecule has 1 N–H and O–H groups in total. The molecule has 0 radical (unpaired) electrons. The Morgan fingerprint density at radius 3 is 2.72 bits per heavy atom. The van der Waals surface area contributed by atoms with Crippen molar-refractivity contribution in [3.05, 3.63) is 70.1 Å². The molecule has 0 aliphatic carbocycles. The van der Waals surface area contributed by atoms with Crippen LogP contribution in [-0.2, 0) is 5.75 Å². The van der Waals surface area contributed by atoms with Gasteiger partial charge in [0.2, 0.25) is 0 Å². The van der Waals surface area contributed by atoms with Gasteiger partial charge in [-0.2, -0.15) is 0 Å². The number of carbonyl (C=O) groups excluding carboxylic acids is 1. The second kappa shape index (κ2) is 8.00. The molecule has 148 valence electrons. The van der Waals surface area contributed by atoms with Gasteiger partial charge in [-0.25, -0.2) is 4.98 Å². The molecule has 5 nitrogen and oxygen atoms in total. The molecule has 0 atom stereocenters. The monoisotopic (exact) mass is 423 g/mol. The molecule has 29 heavy (non-hydrogen) atoms. The van der Waals surface area contributed by atoms with Crippen molar-refractivity contribution in [3.63, 3.8) is 0 Å². The molecule has 0 fully saturated rings. The number of benzene rings is 2. The van der Waals surface area contributed by atoms with E-state index in [9.17, 15) is 4.79 Å². The number of aryl methyl sites for hydroxylation is 4. The van der Waals surface area contributed by atoms with E-state index in [1.807, 2.05) is 45.0 Å². The quantitative estimate of drug-likeness (QED) is 0.395. The third-order valence-electron chi connectivity index (χ3n) is 4.74. The first-order valence-corrected chi connectivity index (χ1v) is 11.1. The Balaban J connectivity index is 1.56. The first kappa shape index (κ1) is 19.7. The van der Waals surface area contributed by atoms with E-state index in [2.05, 4.69) is 34.5 Å². The molecule has 2 aromatic heterocycles. The summed E-state index contributed by atoms with van der Waals surface area (Å²) in [5.41, 5.74) is 5.84. The molecule has 7 heteroatoms. The normalized spacial score (nSPS) is 11.2. The Bertz CT molecular complexity index is 1190. The Hall–Kier alpha value is -2.64. The third-order valence-corrected chi connectivity index (χ3v) is 6.75. The predicted octanol–water partition coefficient (Wildman–Crippen LogP) is 6.06. The van der Waals surface area contributed by atoms with Gasteiger partial charge in [0.05, 0.1) is 21.5 Å². The molecule has 4 aromatic rings. The molecular weight excluding hydrogens is 402 g/mol. The van der Waals surface area contributed by atoms with Crippen molar-refractivity contribution in [1.29, 1.82) is 0 Å². The zero-order valence-corrected chi connectivity index (χ0v) is 18.3. The molecule has 4 rings (SSSR count). The zero-order chi connectivity index (χ0) is 20.5. The van der Waals surface area contributed by atoms with Crippen molar-refractivity contribution in [2.75, 3.05) is 5.32 Å². The maximum Gasteiger partial charge on any atom is 0.258 e. The van der Waals surface area contributed by atoms with Crippen molar-refractivity contribution in [2.45, 2.75) is 38.3 Å². The number of hydrogen-bond acceptors (Lipinski definition) is 6. The molecule has 0 saturated heterocycles. The Kier molecular flexibility index (Phi) is 5.43. The minimum absolute atomic E-state index is 0.153. The van der Waals surface area contributed by atoms with Crippen LogP contribution in [0.4, 0.5) is 5.13 Å². The minimum Gasteiger partial charge on any atom is -0.361 e. The van der Waals surface area contributed by atoms with Gasteiger partial charge in [-0.3, -0.25) is 10.1 Å². The summed E-state index contributed by atoms with van der Waals surface area (Å²) in [4.78, 5) is 18.5. The fourth-order valence-corrected chi connectivity index (χ4v) is 5.47. The number of amides is 1. The molecule has 2 aromatic carbocycles. The highest BCUT2D eigenvalue weighted by molar-refractivity contribution is 7.98. The van der Waals surface area contributed by atoms with E-state index in [0.29, 0.717) is 16.4 Å². The zero-order valence-electron chi connectivity index (χ0n) is 16.7. The number of anilines is 1. The van der Waals surface area contributed by atoms with E-state index in [4.69, 9.17) is 4.52 Å². The number of nitrogens with zero attached hydrogens (tertiary/aromatic N) is 2. The Morgan fingerprint density at radius 2 is 1.97 bits per heavy atom. The number of fused-ring (bicyclic) bond motifs is 1. The average Bonchev–Trinajstić information content (AvgIpc) is 3.23. The number of thiazole rings is 1. The first-order valence-electron chi connectivity index (χ1n) is 9.25. The lowest BCUT2D eigenvalue weighted by Gasteiger charge is -2.08. The number of rotatable bonds is 5. The van der Waals surface area contributed by atoms with E-state index < -0.39 is 0 Å². The minimum atomic E-state index is -0.153. The lowest BCUT2D eigenvalue weighted by molar-refractivity contribution is 0.102. The summed E-state index contributed by atoms with van der Waals surface area (Å²) >= 11 is 3.10. The van der Waals surface area contributed by atoms with Crippen LogP contribution in [0.1, 0.15) is 38.5 Å². The van der Waals surface area contributed by atoms with Crippen LogP contribution in [0, 0.1) is 27.7 Å². The Labute approximate surface area is 177 Å². The van der Waals surface area contributed by atoms with Gasteiger partial charge in [0, 0.05) is 16.2 Å². The van der Waals surface area contributed by atoms with Gasteiger partial charge in [-0.15, -0.1) is 11.8 Å². The molecule has 0 bridgehead atoms. The van der Waals surface area contributed by atoms with Crippen molar-refractivity contribution < 1.29 is 9.32 Å². The maximum atomic E-state index is 13.0. The largest absolute Gasteiger partial charge is 0.361 e. The van der Waals surface area contributed by atoms with E-state index in [1.54, 1.807) is 11.8 Å². The predicted molar refractivity (Wildman–Crippen MR) is 119 cm³/mol. The second-order valence-electron chi connectivity index (χ2n) is 6.99. The van der Waals surface area contributed by atoms with Gasteiger partial charge in [0.1, 0.15) is 5.76 Å². The summed E-state index contributed by atoms with van der Waals surface area (Å²) in [7, 11) is 0. The first-order chi connectivity index (χ1) is 13.9. The average molecular weight is 424 g/mol. The molecule has 0 saturated carbocycles. The van der Waals surface area contributed by atoms with E-state index in [-0.39, 0.29) is 5.91 Å². The second-order valence-corrected chi connectivity index (χ2v) is 9.04. The molecular formula is C22H21N3O2S2. The number of hydrogen-bond donors (Lipinski definition) is 1. The number of carbonyl (C=O) groups is 1. The number of nitrogens with one attached hydrogen (secondary N) is 1. The van der Waals surface area contributed by atoms with Gasteiger partial charge in [-0.05, 0) is 57.0 Å². The summed E-state index contributed by atoms with van der Waals surface area (Å²) < 4.78 is 6.32. The fourth-order valence-electron chi connectivity index (χ4n) is 3.23. The highest BCUT2D eigenvalue weighted by Gasteiger charge is 2.16. The summed E-state index contributed by atoms with van der Waals surface area (Å²) in [5.74, 6) is 1.36. The third kappa shape index (κ3) is 4.06. The highest BCUT2D eigenvalue weighted by atomic mass is 32.2. The van der Waals surface area contributed by atoms with Crippen LogP contribution < -0.4 is 5.32 Å². The molecule has 2 heterocycles. The molecule has 0 aliphatic rings. The fraction of sp³-hybridized carbons (Fsp3) is 0.227. The maximum absolute atomic E-state index is 13.0. The van der Waals surface area contributed by atoms with Crippen molar-refractivity contribution >= 4 is 44.4 Å². The van der Waals surface area contributed by atoms with Gasteiger partial charge in [0.25, 0.3) is 5.91 Å². The topological polar surface area (TPSA) is 68.0 Å².